The van der Waals surface area contributed by atoms with E-state index in [1.54, 1.807) is 18.7 Å². The van der Waals surface area contributed by atoms with Crippen LogP contribution in [0.4, 0.5) is 0 Å². The second-order valence-corrected chi connectivity index (χ2v) is 8.42. The van der Waals surface area contributed by atoms with Crippen LogP contribution in [0.2, 0.25) is 0 Å². The number of amidine groups is 1. The molecule has 2 aliphatic rings. The van der Waals surface area contributed by atoms with E-state index < -0.39 is 12.0 Å². The number of benzene rings is 1. The van der Waals surface area contributed by atoms with E-state index in [0.29, 0.717) is 23.0 Å². The summed E-state index contributed by atoms with van der Waals surface area (Å²) in [4.78, 5) is 31.7. The van der Waals surface area contributed by atoms with Gasteiger partial charge in [-0.05, 0) is 44.9 Å². The molecule has 1 fully saturated rings. The standard InChI is InChI=1S/C22H28N2O4S/c1-5-7-8-13-28-17-11-9-16(10-12-17)19-18(21(26)27-6-2)14(3)23-22-24(19)20(25)15(4)29-22/h9-12,15,19H,5-8,13H2,1-4H3/t15-,19+/m1/s1. The van der Waals surface area contributed by atoms with Gasteiger partial charge in [-0.2, -0.15) is 0 Å². The van der Waals surface area contributed by atoms with E-state index in [1.807, 2.05) is 31.2 Å². The van der Waals surface area contributed by atoms with Crippen molar-refractivity contribution in [1.29, 1.82) is 0 Å². The molecule has 2 atom stereocenters. The molecule has 0 N–H and O–H groups in total. The van der Waals surface area contributed by atoms with Gasteiger partial charge in [0.2, 0.25) is 5.91 Å². The number of hydrogen-bond acceptors (Lipinski definition) is 6. The van der Waals surface area contributed by atoms with E-state index in [-0.39, 0.29) is 17.8 Å². The highest BCUT2D eigenvalue weighted by atomic mass is 32.2. The van der Waals surface area contributed by atoms with Crippen molar-refractivity contribution in [2.24, 2.45) is 4.99 Å². The lowest BCUT2D eigenvalue weighted by molar-refractivity contribution is -0.139. The molecule has 29 heavy (non-hydrogen) atoms. The first-order valence-corrected chi connectivity index (χ1v) is 11.0. The summed E-state index contributed by atoms with van der Waals surface area (Å²) in [6.07, 6.45) is 3.31. The Bertz CT molecular complexity index is 832. The fourth-order valence-corrected chi connectivity index (χ4v) is 4.51. The second-order valence-electron chi connectivity index (χ2n) is 7.11. The van der Waals surface area contributed by atoms with Crippen LogP contribution in [0, 0.1) is 0 Å². The quantitative estimate of drug-likeness (QED) is 0.462. The molecule has 0 radical (unpaired) electrons. The molecule has 156 valence electrons. The molecule has 0 unspecified atom stereocenters. The van der Waals surface area contributed by atoms with Crippen LogP contribution in [-0.2, 0) is 14.3 Å². The number of ether oxygens (including phenoxy) is 2. The number of carbonyl (C=O) groups excluding carboxylic acids is 2. The molecule has 0 bridgehead atoms. The van der Waals surface area contributed by atoms with Crippen molar-refractivity contribution in [3.63, 3.8) is 0 Å². The van der Waals surface area contributed by atoms with Crippen LogP contribution in [0.25, 0.3) is 0 Å². The Morgan fingerprint density at radius 1 is 1.21 bits per heavy atom. The molecule has 6 nitrogen and oxygen atoms in total. The number of fused-ring (bicyclic) bond motifs is 1. The fourth-order valence-electron chi connectivity index (χ4n) is 3.48. The molecule has 0 aromatic heterocycles. The summed E-state index contributed by atoms with van der Waals surface area (Å²) in [5.41, 5.74) is 1.84. The van der Waals surface area contributed by atoms with Gasteiger partial charge in [-0.3, -0.25) is 9.69 Å². The number of nitrogens with zero attached hydrogens (tertiary/aromatic N) is 2. The van der Waals surface area contributed by atoms with Crippen LogP contribution >= 0.6 is 11.8 Å². The van der Waals surface area contributed by atoms with Gasteiger partial charge in [-0.25, -0.2) is 9.79 Å². The smallest absolute Gasteiger partial charge is 0.338 e. The predicted octanol–water partition coefficient (Wildman–Crippen LogP) is 4.47. The Hall–Kier alpha value is -2.28. The molecule has 0 aliphatic carbocycles. The van der Waals surface area contributed by atoms with Gasteiger partial charge in [0.1, 0.15) is 5.75 Å². The van der Waals surface area contributed by atoms with Crippen molar-refractivity contribution < 1.29 is 19.1 Å². The number of unbranched alkanes of at least 4 members (excludes halogenated alkanes) is 2. The van der Waals surface area contributed by atoms with Crippen LogP contribution in [-0.4, -0.2) is 40.4 Å². The first kappa shape index (κ1) is 21.4. The van der Waals surface area contributed by atoms with Gasteiger partial charge in [-0.15, -0.1) is 0 Å². The molecule has 3 rings (SSSR count). The number of hydrogen-bond donors (Lipinski definition) is 0. The van der Waals surface area contributed by atoms with E-state index in [1.165, 1.54) is 11.8 Å². The molecule has 1 aromatic carbocycles. The molecule has 1 saturated heterocycles. The minimum absolute atomic E-state index is 0.0482. The highest BCUT2D eigenvalue weighted by molar-refractivity contribution is 8.15. The first-order chi connectivity index (χ1) is 14.0. The highest BCUT2D eigenvalue weighted by Crippen LogP contribution is 2.43. The highest BCUT2D eigenvalue weighted by Gasteiger charge is 2.46. The molecular weight excluding hydrogens is 388 g/mol. The zero-order chi connectivity index (χ0) is 21.0. The van der Waals surface area contributed by atoms with E-state index in [2.05, 4.69) is 11.9 Å². The van der Waals surface area contributed by atoms with Crippen molar-refractivity contribution in [3.8, 4) is 5.75 Å². The zero-order valence-corrected chi connectivity index (χ0v) is 18.3. The topological polar surface area (TPSA) is 68.2 Å². The van der Waals surface area contributed by atoms with Crippen LogP contribution in [0.3, 0.4) is 0 Å². The third-order valence-electron chi connectivity index (χ3n) is 4.97. The van der Waals surface area contributed by atoms with Gasteiger partial charge in [0.25, 0.3) is 0 Å². The molecule has 0 saturated carbocycles. The van der Waals surface area contributed by atoms with Gasteiger partial charge < -0.3 is 9.47 Å². The minimum Gasteiger partial charge on any atom is -0.494 e. The monoisotopic (exact) mass is 416 g/mol. The van der Waals surface area contributed by atoms with Gasteiger partial charge >= 0.3 is 5.97 Å². The largest absolute Gasteiger partial charge is 0.494 e. The van der Waals surface area contributed by atoms with Gasteiger partial charge in [0.15, 0.2) is 5.17 Å². The van der Waals surface area contributed by atoms with Crippen LogP contribution in [0.5, 0.6) is 5.75 Å². The normalized spacial score (nSPS) is 21.2. The van der Waals surface area contributed by atoms with Crippen LogP contribution in [0.15, 0.2) is 40.5 Å². The maximum atomic E-state index is 12.9. The summed E-state index contributed by atoms with van der Waals surface area (Å²) in [6.45, 7) is 8.53. The lowest BCUT2D eigenvalue weighted by Gasteiger charge is -2.33. The lowest BCUT2D eigenvalue weighted by atomic mass is 9.94. The molecular formula is C22H28N2O4S. The predicted molar refractivity (Wildman–Crippen MR) is 115 cm³/mol. The molecule has 0 spiro atoms. The van der Waals surface area contributed by atoms with E-state index >= 15 is 0 Å². The number of thioether (sulfide) groups is 1. The number of esters is 1. The second kappa shape index (κ2) is 9.48. The van der Waals surface area contributed by atoms with Crippen molar-refractivity contribution >= 4 is 28.8 Å². The van der Waals surface area contributed by atoms with Crippen molar-refractivity contribution in [2.45, 2.75) is 58.2 Å². The maximum absolute atomic E-state index is 12.9. The molecule has 7 heteroatoms. The molecule has 1 aromatic rings. The summed E-state index contributed by atoms with van der Waals surface area (Å²) in [7, 11) is 0. The molecule has 2 heterocycles. The molecule has 1 amide bonds. The number of amides is 1. The number of aliphatic imine (C=N–C) groups is 1. The Kier molecular flexibility index (Phi) is 7.00. The summed E-state index contributed by atoms with van der Waals surface area (Å²) in [6, 6.07) is 7.07. The SMILES string of the molecule is CCCCCOc1ccc([C@H]2C(C(=O)OCC)=C(C)N=C3S[C@H](C)C(=O)N32)cc1. The van der Waals surface area contributed by atoms with E-state index in [4.69, 9.17) is 9.47 Å². The zero-order valence-electron chi connectivity index (χ0n) is 17.4. The van der Waals surface area contributed by atoms with E-state index in [0.717, 1.165) is 30.6 Å². The van der Waals surface area contributed by atoms with Crippen molar-refractivity contribution in [3.05, 3.63) is 41.1 Å². The lowest BCUT2D eigenvalue weighted by Crippen LogP contribution is -2.40. The third kappa shape index (κ3) is 4.50. The first-order valence-electron chi connectivity index (χ1n) is 10.2. The Morgan fingerprint density at radius 2 is 1.93 bits per heavy atom. The van der Waals surface area contributed by atoms with E-state index in [9.17, 15) is 9.59 Å². The van der Waals surface area contributed by atoms with Gasteiger partial charge in [0, 0.05) is 0 Å². The summed E-state index contributed by atoms with van der Waals surface area (Å²) in [5, 5.41) is 0.407. The summed E-state index contributed by atoms with van der Waals surface area (Å²) < 4.78 is 11.1. The Labute approximate surface area is 176 Å². The molecule has 2 aliphatic heterocycles. The average molecular weight is 417 g/mol. The maximum Gasteiger partial charge on any atom is 0.338 e. The number of carbonyl (C=O) groups is 2. The van der Waals surface area contributed by atoms with Crippen molar-refractivity contribution in [1.82, 2.24) is 4.90 Å². The third-order valence-corrected chi connectivity index (χ3v) is 6.02. The van der Waals surface area contributed by atoms with Gasteiger partial charge in [-0.1, -0.05) is 43.7 Å². The van der Waals surface area contributed by atoms with Crippen LogP contribution in [0.1, 0.15) is 58.6 Å². The van der Waals surface area contributed by atoms with Crippen molar-refractivity contribution in [2.75, 3.05) is 13.2 Å². The fraction of sp³-hybridized carbons (Fsp3) is 0.500. The Balaban J connectivity index is 1.91. The number of rotatable bonds is 8. The number of allylic oxidation sites excluding steroid dienone is 1. The summed E-state index contributed by atoms with van der Waals surface area (Å²) in [5.74, 6) is 0.298. The van der Waals surface area contributed by atoms with Gasteiger partial charge in [0.05, 0.1) is 35.8 Å². The summed E-state index contributed by atoms with van der Waals surface area (Å²) >= 11 is 1.42. The minimum atomic E-state index is -0.541. The van der Waals surface area contributed by atoms with Crippen LogP contribution < -0.4 is 4.74 Å². The Morgan fingerprint density at radius 3 is 2.59 bits per heavy atom. The average Bonchev–Trinajstić information content (AvgIpc) is 2.98.